The van der Waals surface area contributed by atoms with Crippen LogP contribution in [0.3, 0.4) is 0 Å². The summed E-state index contributed by atoms with van der Waals surface area (Å²) >= 11 is 0. The van der Waals surface area contributed by atoms with Gasteiger partial charge in [-0.15, -0.1) is 0 Å². The lowest BCUT2D eigenvalue weighted by Gasteiger charge is -2.31. The molecule has 12 rings (SSSR count). The van der Waals surface area contributed by atoms with Crippen molar-refractivity contribution in [3.05, 3.63) is 259 Å². The maximum atomic E-state index is 2.39. The van der Waals surface area contributed by atoms with Gasteiger partial charge in [0.15, 0.2) is 0 Å². The molecule has 0 amide bonds. The van der Waals surface area contributed by atoms with E-state index in [1.165, 1.54) is 88.7 Å². The summed E-state index contributed by atoms with van der Waals surface area (Å²) < 4.78 is 0. The van der Waals surface area contributed by atoms with Gasteiger partial charge in [0.05, 0.1) is 5.41 Å². The van der Waals surface area contributed by atoms with Crippen LogP contribution in [-0.4, -0.2) is 0 Å². The van der Waals surface area contributed by atoms with E-state index in [1.807, 2.05) is 0 Å². The molecule has 0 fully saturated rings. The molecule has 0 bridgehead atoms. The molecule has 0 saturated heterocycles. The van der Waals surface area contributed by atoms with Crippen LogP contribution < -0.4 is 4.90 Å². The van der Waals surface area contributed by atoms with Gasteiger partial charge in [-0.1, -0.05) is 200 Å². The predicted molar refractivity (Wildman–Crippen MR) is 251 cm³/mol. The monoisotopic (exact) mass is 761 g/mol. The molecule has 10 aromatic rings. The van der Waals surface area contributed by atoms with Gasteiger partial charge >= 0.3 is 0 Å². The Morgan fingerprint density at radius 2 is 0.717 bits per heavy atom. The highest BCUT2D eigenvalue weighted by Gasteiger charge is 2.52. The Labute approximate surface area is 351 Å². The van der Waals surface area contributed by atoms with Crippen LogP contribution in [0.4, 0.5) is 17.1 Å². The summed E-state index contributed by atoms with van der Waals surface area (Å²) in [6.45, 7) is 0. The van der Waals surface area contributed by atoms with E-state index in [2.05, 4.69) is 241 Å². The van der Waals surface area contributed by atoms with Gasteiger partial charge in [-0.3, -0.25) is 0 Å². The zero-order valence-corrected chi connectivity index (χ0v) is 33.0. The SMILES string of the molecule is c1ccc(-c2ccc(N(c3ccc(-c4ccccc4)cc3)c3ccc(-c4cccc5c4-c4ccccc4C54c5ccccc5-c5ccc6ccccc6c54)cc3)cc2)cc1. The summed E-state index contributed by atoms with van der Waals surface area (Å²) in [6.07, 6.45) is 0. The van der Waals surface area contributed by atoms with Crippen molar-refractivity contribution in [1.82, 2.24) is 0 Å². The van der Waals surface area contributed by atoms with Crippen molar-refractivity contribution < 1.29 is 0 Å². The molecule has 280 valence electrons. The Morgan fingerprint density at radius 1 is 0.267 bits per heavy atom. The Morgan fingerprint density at radius 3 is 1.33 bits per heavy atom. The molecule has 1 nitrogen and oxygen atoms in total. The highest BCUT2D eigenvalue weighted by atomic mass is 15.1. The van der Waals surface area contributed by atoms with Crippen molar-refractivity contribution in [2.75, 3.05) is 4.90 Å². The highest BCUT2D eigenvalue weighted by molar-refractivity contribution is 6.05. The van der Waals surface area contributed by atoms with Gasteiger partial charge in [0.1, 0.15) is 0 Å². The van der Waals surface area contributed by atoms with E-state index >= 15 is 0 Å². The van der Waals surface area contributed by atoms with Crippen LogP contribution in [0.1, 0.15) is 22.3 Å². The second-order valence-electron chi connectivity index (χ2n) is 16.0. The summed E-state index contributed by atoms with van der Waals surface area (Å²) in [5.41, 5.74) is 20.9. The molecular weight excluding hydrogens is 723 g/mol. The van der Waals surface area contributed by atoms with Gasteiger partial charge in [0, 0.05) is 17.1 Å². The zero-order valence-electron chi connectivity index (χ0n) is 33.0. The molecule has 1 heteroatoms. The number of rotatable bonds is 6. The number of nitrogens with zero attached hydrogens (tertiary/aromatic N) is 1. The molecule has 0 saturated carbocycles. The van der Waals surface area contributed by atoms with Crippen LogP contribution in [0.5, 0.6) is 0 Å². The number of anilines is 3. The molecule has 0 aliphatic heterocycles. The molecule has 10 aromatic carbocycles. The first-order chi connectivity index (χ1) is 29.8. The maximum Gasteiger partial charge on any atom is 0.0731 e. The predicted octanol–water partition coefficient (Wildman–Crippen LogP) is 15.7. The van der Waals surface area contributed by atoms with E-state index in [0.717, 1.165) is 17.1 Å². The van der Waals surface area contributed by atoms with Crippen molar-refractivity contribution >= 4 is 27.8 Å². The summed E-state index contributed by atoms with van der Waals surface area (Å²) in [5.74, 6) is 0. The molecule has 1 unspecified atom stereocenters. The molecule has 0 N–H and O–H groups in total. The molecule has 1 spiro atoms. The normalized spacial score (nSPS) is 14.4. The third-order valence-corrected chi connectivity index (χ3v) is 12.9. The first kappa shape index (κ1) is 34.3. The lowest BCUT2D eigenvalue weighted by Crippen LogP contribution is -2.26. The minimum absolute atomic E-state index is 0.427. The number of hydrogen-bond donors (Lipinski definition) is 0. The van der Waals surface area contributed by atoms with Gasteiger partial charge in [-0.05, 0) is 125 Å². The van der Waals surface area contributed by atoms with E-state index in [9.17, 15) is 0 Å². The van der Waals surface area contributed by atoms with E-state index in [4.69, 9.17) is 0 Å². The van der Waals surface area contributed by atoms with Crippen molar-refractivity contribution in [2.24, 2.45) is 0 Å². The summed E-state index contributed by atoms with van der Waals surface area (Å²) in [4.78, 5) is 2.37. The third kappa shape index (κ3) is 5.13. The average molecular weight is 762 g/mol. The standard InChI is InChI=1S/C59H39N/c1-3-14-40(15-4-1)42-26-33-46(34-27-42)60(47-35-28-43(29-36-47)41-16-5-2-6-17-41)48-37-30-45(31-38-48)49-22-13-25-56-57(49)53-21-10-12-24-55(53)59(56)54-23-11-9-20-51(54)52-39-32-44-18-7-8-19-50(44)58(52)59/h1-39H. The van der Waals surface area contributed by atoms with E-state index in [0.29, 0.717) is 0 Å². The Bertz CT molecular complexity index is 3140. The van der Waals surface area contributed by atoms with E-state index in [-0.39, 0.29) is 0 Å². The maximum absolute atomic E-state index is 2.39. The first-order valence-electron chi connectivity index (χ1n) is 20.8. The van der Waals surface area contributed by atoms with Crippen LogP contribution in [0.15, 0.2) is 237 Å². The lowest BCUT2D eigenvalue weighted by atomic mass is 9.69. The second kappa shape index (κ2) is 13.7. The van der Waals surface area contributed by atoms with E-state index < -0.39 is 5.41 Å². The first-order valence-corrected chi connectivity index (χ1v) is 20.8. The summed E-state index contributed by atoms with van der Waals surface area (Å²) in [7, 11) is 0. The minimum Gasteiger partial charge on any atom is -0.311 e. The average Bonchev–Trinajstić information content (AvgIpc) is 3.81. The quantitative estimate of drug-likeness (QED) is 0.163. The summed E-state index contributed by atoms with van der Waals surface area (Å²) in [5, 5.41) is 2.59. The van der Waals surface area contributed by atoms with Gasteiger partial charge in [-0.2, -0.15) is 0 Å². The summed E-state index contributed by atoms with van der Waals surface area (Å²) in [6, 6.07) is 87.0. The van der Waals surface area contributed by atoms with Crippen LogP contribution in [0, 0.1) is 0 Å². The lowest BCUT2D eigenvalue weighted by molar-refractivity contribution is 0.801. The molecule has 2 aliphatic rings. The molecule has 60 heavy (non-hydrogen) atoms. The Balaban J connectivity index is 1.00. The fraction of sp³-hybridized carbons (Fsp3) is 0.0169. The van der Waals surface area contributed by atoms with Crippen LogP contribution >= 0.6 is 0 Å². The van der Waals surface area contributed by atoms with Gasteiger partial charge in [-0.25, -0.2) is 0 Å². The molecule has 0 aromatic heterocycles. The minimum atomic E-state index is -0.427. The molecule has 2 aliphatic carbocycles. The molecule has 0 heterocycles. The van der Waals surface area contributed by atoms with Crippen LogP contribution in [-0.2, 0) is 5.41 Å². The van der Waals surface area contributed by atoms with Crippen molar-refractivity contribution in [1.29, 1.82) is 0 Å². The molecule has 1 atom stereocenters. The number of fused-ring (bicyclic) bond motifs is 12. The van der Waals surface area contributed by atoms with Crippen LogP contribution in [0.25, 0.3) is 66.4 Å². The number of hydrogen-bond acceptors (Lipinski definition) is 1. The zero-order chi connectivity index (χ0) is 39.6. The van der Waals surface area contributed by atoms with Crippen molar-refractivity contribution in [3.8, 4) is 55.6 Å². The fourth-order valence-electron chi connectivity index (χ4n) is 10.3. The fourth-order valence-corrected chi connectivity index (χ4v) is 10.3. The van der Waals surface area contributed by atoms with Crippen LogP contribution in [0.2, 0.25) is 0 Å². The molecular formula is C59H39N. The van der Waals surface area contributed by atoms with Gasteiger partial charge < -0.3 is 4.90 Å². The topological polar surface area (TPSA) is 3.24 Å². The molecule has 0 radical (unpaired) electrons. The van der Waals surface area contributed by atoms with Gasteiger partial charge in [0.25, 0.3) is 0 Å². The van der Waals surface area contributed by atoms with Crippen molar-refractivity contribution in [2.45, 2.75) is 5.41 Å². The Hall–Kier alpha value is -7.74. The largest absolute Gasteiger partial charge is 0.311 e. The second-order valence-corrected chi connectivity index (χ2v) is 16.0. The van der Waals surface area contributed by atoms with Crippen molar-refractivity contribution in [3.63, 3.8) is 0 Å². The van der Waals surface area contributed by atoms with Gasteiger partial charge in [0.2, 0.25) is 0 Å². The Kier molecular flexibility index (Phi) is 7.83. The number of benzene rings is 10. The third-order valence-electron chi connectivity index (χ3n) is 12.9. The van der Waals surface area contributed by atoms with E-state index in [1.54, 1.807) is 0 Å². The smallest absolute Gasteiger partial charge is 0.0731 e. The highest BCUT2D eigenvalue weighted by Crippen LogP contribution is 2.65.